The molecule has 3 heteroatoms. The fraction of sp³-hybridized carbons (Fsp3) is 0.625. The molecule has 0 aliphatic rings. The lowest BCUT2D eigenvalue weighted by atomic mass is 10.3. The van der Waals surface area contributed by atoms with E-state index in [-0.39, 0.29) is 5.78 Å². The molecule has 0 heterocycles. The molecule has 0 rings (SSSR count). The van der Waals surface area contributed by atoms with E-state index >= 15 is 0 Å². The Morgan fingerprint density at radius 2 is 2.18 bits per heavy atom. The Hall–Kier alpha value is -0.830. The van der Waals surface area contributed by atoms with Crippen LogP contribution in [0.3, 0.4) is 0 Å². The summed E-state index contributed by atoms with van der Waals surface area (Å²) in [6.45, 7) is 4.93. The van der Waals surface area contributed by atoms with Crippen LogP contribution in [0, 0.1) is 0 Å². The van der Waals surface area contributed by atoms with Crippen LogP contribution in [0.4, 0.5) is 0 Å². The average molecular weight is 156 g/mol. The number of ketones is 1. The monoisotopic (exact) mass is 156 g/mol. The molecule has 0 bridgehead atoms. The highest BCUT2D eigenvalue weighted by molar-refractivity contribution is 5.87. The predicted octanol–water partition coefficient (Wildman–Crippen LogP) is 0.418. The molecular formula is C8H16N2O. The first kappa shape index (κ1) is 10.2. The number of nitrogens with two attached hydrogens (primary N) is 1. The van der Waals surface area contributed by atoms with Crippen LogP contribution >= 0.6 is 0 Å². The summed E-state index contributed by atoms with van der Waals surface area (Å²) < 4.78 is 0. The second-order valence-electron chi connectivity index (χ2n) is 2.51. The number of carbonyl (C=O) groups excluding carboxylic acids is 1. The van der Waals surface area contributed by atoms with Gasteiger partial charge in [-0.15, -0.1) is 0 Å². The van der Waals surface area contributed by atoms with Crippen LogP contribution in [0.5, 0.6) is 0 Å². The first-order chi connectivity index (χ1) is 5.16. The van der Waals surface area contributed by atoms with Crippen molar-refractivity contribution in [3.8, 4) is 0 Å². The van der Waals surface area contributed by atoms with Gasteiger partial charge in [0.15, 0.2) is 5.78 Å². The van der Waals surface area contributed by atoms with Gasteiger partial charge in [-0.2, -0.15) is 0 Å². The number of rotatable bonds is 5. The highest BCUT2D eigenvalue weighted by Gasteiger charge is 1.89. The normalized spacial score (nSPS) is 11.4. The molecule has 0 aliphatic carbocycles. The van der Waals surface area contributed by atoms with E-state index in [0.29, 0.717) is 6.54 Å². The van der Waals surface area contributed by atoms with Gasteiger partial charge in [0.05, 0.1) is 0 Å². The summed E-state index contributed by atoms with van der Waals surface area (Å²) in [5.41, 5.74) is 6.20. The lowest BCUT2D eigenvalue weighted by Gasteiger charge is -2.03. The first-order valence-corrected chi connectivity index (χ1v) is 3.79. The molecule has 0 saturated heterocycles. The average Bonchev–Trinajstić information content (AvgIpc) is 1.86. The Kier molecular flexibility index (Phi) is 5.47. The first-order valence-electron chi connectivity index (χ1n) is 3.79. The predicted molar refractivity (Wildman–Crippen MR) is 46.1 cm³/mol. The molecule has 0 aliphatic heterocycles. The van der Waals surface area contributed by atoms with Crippen LogP contribution in [0.15, 0.2) is 11.8 Å². The third-order valence-electron chi connectivity index (χ3n) is 1.20. The molecule has 0 unspecified atom stereocenters. The van der Waals surface area contributed by atoms with Gasteiger partial charge in [-0.05, 0) is 32.9 Å². The van der Waals surface area contributed by atoms with Crippen molar-refractivity contribution in [3.63, 3.8) is 0 Å². The quantitative estimate of drug-likeness (QED) is 0.448. The van der Waals surface area contributed by atoms with Crippen molar-refractivity contribution in [2.45, 2.75) is 20.3 Å². The smallest absolute Gasteiger partial charge is 0.154 e. The van der Waals surface area contributed by atoms with Gasteiger partial charge in [0.1, 0.15) is 0 Å². The number of allylic oxidation sites excluding steroid dienone is 2. The SMILES string of the molecule is CC(=O)C=C(C)NCCCN. The summed E-state index contributed by atoms with van der Waals surface area (Å²) in [6.07, 6.45) is 2.51. The topological polar surface area (TPSA) is 55.1 Å². The van der Waals surface area contributed by atoms with Crippen molar-refractivity contribution in [2.24, 2.45) is 5.73 Å². The van der Waals surface area contributed by atoms with Crippen molar-refractivity contribution in [1.82, 2.24) is 5.32 Å². The van der Waals surface area contributed by atoms with Gasteiger partial charge >= 0.3 is 0 Å². The summed E-state index contributed by atoms with van der Waals surface area (Å²) in [6, 6.07) is 0. The molecule has 3 N–H and O–H groups in total. The standard InChI is InChI=1S/C8H16N2O/c1-7(6-8(2)11)10-5-3-4-9/h6,10H,3-5,9H2,1-2H3. The van der Waals surface area contributed by atoms with E-state index in [4.69, 9.17) is 5.73 Å². The summed E-state index contributed by atoms with van der Waals surface area (Å²) in [5, 5.41) is 3.08. The minimum atomic E-state index is 0.0720. The zero-order chi connectivity index (χ0) is 8.69. The second-order valence-corrected chi connectivity index (χ2v) is 2.51. The summed E-state index contributed by atoms with van der Waals surface area (Å²) in [7, 11) is 0. The minimum Gasteiger partial charge on any atom is -0.388 e. The van der Waals surface area contributed by atoms with E-state index in [0.717, 1.165) is 18.7 Å². The van der Waals surface area contributed by atoms with E-state index in [9.17, 15) is 4.79 Å². The highest BCUT2D eigenvalue weighted by Crippen LogP contribution is 1.86. The van der Waals surface area contributed by atoms with Crippen LogP contribution in [0.25, 0.3) is 0 Å². The van der Waals surface area contributed by atoms with E-state index in [1.54, 1.807) is 6.08 Å². The molecule has 0 radical (unpaired) electrons. The van der Waals surface area contributed by atoms with Crippen molar-refractivity contribution < 1.29 is 4.79 Å². The van der Waals surface area contributed by atoms with Crippen LogP contribution in [0.1, 0.15) is 20.3 Å². The van der Waals surface area contributed by atoms with Crippen LogP contribution in [0.2, 0.25) is 0 Å². The molecular weight excluding hydrogens is 140 g/mol. The molecule has 11 heavy (non-hydrogen) atoms. The zero-order valence-corrected chi connectivity index (χ0v) is 7.18. The Balaban J connectivity index is 3.51. The second kappa shape index (κ2) is 5.92. The Bertz CT molecular complexity index is 152. The van der Waals surface area contributed by atoms with Gasteiger partial charge in [-0.25, -0.2) is 0 Å². The van der Waals surface area contributed by atoms with Gasteiger partial charge in [0.25, 0.3) is 0 Å². The number of hydrogen-bond acceptors (Lipinski definition) is 3. The number of nitrogens with one attached hydrogen (secondary N) is 1. The molecule has 64 valence electrons. The number of carbonyl (C=O) groups is 1. The van der Waals surface area contributed by atoms with Crippen molar-refractivity contribution in [1.29, 1.82) is 0 Å². The maximum Gasteiger partial charge on any atom is 0.154 e. The summed E-state index contributed by atoms with van der Waals surface area (Å²) in [4.78, 5) is 10.5. The Morgan fingerprint density at radius 1 is 1.55 bits per heavy atom. The van der Waals surface area contributed by atoms with Crippen molar-refractivity contribution in [3.05, 3.63) is 11.8 Å². The molecule has 0 amide bonds. The molecule has 0 atom stereocenters. The van der Waals surface area contributed by atoms with Gasteiger partial charge in [0, 0.05) is 12.2 Å². The van der Waals surface area contributed by atoms with Crippen LogP contribution < -0.4 is 11.1 Å². The highest BCUT2D eigenvalue weighted by atomic mass is 16.1. The van der Waals surface area contributed by atoms with Gasteiger partial charge in [0.2, 0.25) is 0 Å². The molecule has 0 aromatic carbocycles. The van der Waals surface area contributed by atoms with E-state index < -0.39 is 0 Å². The van der Waals surface area contributed by atoms with E-state index in [1.807, 2.05) is 6.92 Å². The summed E-state index contributed by atoms with van der Waals surface area (Å²) >= 11 is 0. The Labute approximate surface area is 67.7 Å². The fourth-order valence-corrected chi connectivity index (χ4v) is 0.744. The lowest BCUT2D eigenvalue weighted by Crippen LogP contribution is -2.16. The molecule has 0 fully saturated rings. The van der Waals surface area contributed by atoms with E-state index in [2.05, 4.69) is 5.32 Å². The van der Waals surface area contributed by atoms with Gasteiger partial charge in [-0.1, -0.05) is 0 Å². The molecule has 0 spiro atoms. The maximum absolute atomic E-state index is 10.5. The van der Waals surface area contributed by atoms with Gasteiger partial charge < -0.3 is 11.1 Å². The molecule has 0 saturated carbocycles. The summed E-state index contributed by atoms with van der Waals surface area (Å²) in [5.74, 6) is 0.0720. The number of hydrogen-bond donors (Lipinski definition) is 2. The molecule has 3 nitrogen and oxygen atoms in total. The van der Waals surface area contributed by atoms with E-state index in [1.165, 1.54) is 6.92 Å². The minimum absolute atomic E-state index is 0.0720. The molecule has 0 aromatic heterocycles. The largest absolute Gasteiger partial charge is 0.388 e. The third kappa shape index (κ3) is 7.06. The zero-order valence-electron chi connectivity index (χ0n) is 7.18. The third-order valence-corrected chi connectivity index (χ3v) is 1.20. The van der Waals surface area contributed by atoms with Crippen LogP contribution in [-0.2, 0) is 4.79 Å². The Morgan fingerprint density at radius 3 is 2.64 bits per heavy atom. The maximum atomic E-state index is 10.5. The van der Waals surface area contributed by atoms with Crippen molar-refractivity contribution in [2.75, 3.05) is 13.1 Å². The molecule has 0 aromatic rings. The lowest BCUT2D eigenvalue weighted by molar-refractivity contribution is -0.112. The van der Waals surface area contributed by atoms with Crippen LogP contribution in [-0.4, -0.2) is 18.9 Å². The fourth-order valence-electron chi connectivity index (χ4n) is 0.744. The van der Waals surface area contributed by atoms with Gasteiger partial charge in [-0.3, -0.25) is 4.79 Å². The van der Waals surface area contributed by atoms with Crippen molar-refractivity contribution >= 4 is 5.78 Å².